The maximum Gasteiger partial charge on any atom is 0.524 e. The van der Waals surface area contributed by atoms with Gasteiger partial charge in [-0.2, -0.15) is 5.26 Å². The molecule has 2 N–H and O–H groups in total. The zero-order chi connectivity index (χ0) is 19.9. The molecule has 4 aliphatic rings. The topological polar surface area (TPSA) is 99.8 Å². The minimum Gasteiger partial charge on any atom is -0.496 e. The highest BCUT2D eigenvalue weighted by atomic mass is 31.2. The minimum absolute atomic E-state index is 0.125. The Kier molecular flexibility index (Phi) is 5.26. The van der Waals surface area contributed by atoms with Crippen LogP contribution in [0.15, 0.2) is 23.8 Å². The van der Waals surface area contributed by atoms with Gasteiger partial charge in [-0.3, -0.25) is 9.79 Å². The number of hydrogen-bond acceptors (Lipinski definition) is 4. The zero-order valence-corrected chi connectivity index (χ0v) is 16.9. The Labute approximate surface area is 165 Å². The molecule has 0 radical (unpaired) electrons. The van der Waals surface area contributed by atoms with Crippen LogP contribution in [0.5, 0.6) is 5.75 Å². The Balaban J connectivity index is 1.81. The summed E-state index contributed by atoms with van der Waals surface area (Å²) in [7, 11) is -3.03. The summed E-state index contributed by atoms with van der Waals surface area (Å²) in [4.78, 5) is 18.6. The van der Waals surface area contributed by atoms with E-state index in [4.69, 9.17) is 14.5 Å². The summed E-state index contributed by atoms with van der Waals surface area (Å²) >= 11 is 0. The quantitative estimate of drug-likeness (QED) is 0.538. The Bertz CT molecular complexity index is 851. The lowest BCUT2D eigenvalue weighted by Crippen LogP contribution is -2.41. The van der Waals surface area contributed by atoms with Gasteiger partial charge in [0, 0.05) is 17.5 Å². The highest BCUT2D eigenvalue weighted by Gasteiger charge is 2.47. The molecule has 0 spiro atoms. The molecule has 4 aliphatic carbocycles. The Hall–Kier alpha value is -1.80. The number of benzene rings is 1. The Morgan fingerprint density at radius 2 is 1.82 bits per heavy atom. The third kappa shape index (κ3) is 3.72. The highest BCUT2D eigenvalue weighted by Crippen LogP contribution is 2.58. The number of rotatable bonds is 6. The molecule has 0 aromatic heterocycles. The molecule has 0 saturated heterocycles. The molecule has 150 valence electrons. The molecule has 1 aromatic carbocycles. The first-order valence-electron chi connectivity index (χ1n) is 9.92. The SMILES string of the molecule is COC(=C1C2CC3CC(C2)CC1C3)c1cccc(OP(=O)(O)O)c1CCC#N. The molecule has 28 heavy (non-hydrogen) atoms. The van der Waals surface area contributed by atoms with Crippen LogP contribution in [0, 0.1) is 35.0 Å². The van der Waals surface area contributed by atoms with Crippen molar-refractivity contribution in [2.24, 2.45) is 23.7 Å². The molecule has 7 heteroatoms. The van der Waals surface area contributed by atoms with E-state index in [0.29, 0.717) is 23.8 Å². The smallest absolute Gasteiger partial charge is 0.496 e. The second-order valence-electron chi connectivity index (χ2n) is 8.32. The number of methoxy groups -OCH3 is 1. The molecular formula is C21H26NO5P. The van der Waals surface area contributed by atoms with Gasteiger partial charge in [-0.05, 0) is 73.8 Å². The maximum atomic E-state index is 11.4. The van der Waals surface area contributed by atoms with Crippen molar-refractivity contribution in [3.8, 4) is 11.8 Å². The summed E-state index contributed by atoms with van der Waals surface area (Å²) in [6.45, 7) is 0. The van der Waals surface area contributed by atoms with E-state index in [1.807, 2.05) is 6.07 Å². The molecule has 0 amide bonds. The van der Waals surface area contributed by atoms with E-state index in [9.17, 15) is 14.4 Å². The summed E-state index contributed by atoms with van der Waals surface area (Å²) in [5.74, 6) is 3.65. The molecule has 1 aromatic rings. The Morgan fingerprint density at radius 1 is 1.18 bits per heavy atom. The summed E-state index contributed by atoms with van der Waals surface area (Å²) in [5.41, 5.74) is 2.79. The molecule has 0 heterocycles. The lowest BCUT2D eigenvalue weighted by atomic mass is 9.54. The van der Waals surface area contributed by atoms with E-state index >= 15 is 0 Å². The highest BCUT2D eigenvalue weighted by molar-refractivity contribution is 7.46. The van der Waals surface area contributed by atoms with Gasteiger partial charge < -0.3 is 9.26 Å². The first-order valence-corrected chi connectivity index (χ1v) is 11.4. The fraction of sp³-hybridized carbons (Fsp3) is 0.571. The summed E-state index contributed by atoms with van der Waals surface area (Å²) < 4.78 is 22.3. The molecule has 6 nitrogen and oxygen atoms in total. The number of nitriles is 1. The van der Waals surface area contributed by atoms with Crippen LogP contribution in [0.2, 0.25) is 0 Å². The average molecular weight is 403 g/mol. The van der Waals surface area contributed by atoms with Gasteiger partial charge in [0.25, 0.3) is 0 Å². The van der Waals surface area contributed by atoms with Crippen molar-refractivity contribution in [1.82, 2.24) is 0 Å². The summed E-state index contributed by atoms with van der Waals surface area (Å²) in [6.07, 6.45) is 6.79. The number of hydrogen-bond donors (Lipinski definition) is 2. The van der Waals surface area contributed by atoms with E-state index < -0.39 is 7.82 Å². The number of phosphoric ester groups is 1. The van der Waals surface area contributed by atoms with Crippen LogP contribution in [-0.2, 0) is 15.7 Å². The number of allylic oxidation sites excluding steroid dienone is 1. The third-order valence-corrected chi connectivity index (χ3v) is 7.00. The zero-order valence-electron chi connectivity index (χ0n) is 16.0. The normalized spacial score (nSPS) is 28.1. The second kappa shape index (κ2) is 7.55. The molecule has 4 bridgehead atoms. The van der Waals surface area contributed by atoms with Gasteiger partial charge in [-0.25, -0.2) is 4.57 Å². The van der Waals surface area contributed by atoms with Gasteiger partial charge in [-0.1, -0.05) is 12.1 Å². The van der Waals surface area contributed by atoms with Gasteiger partial charge >= 0.3 is 7.82 Å². The van der Waals surface area contributed by atoms with Crippen LogP contribution >= 0.6 is 7.82 Å². The number of nitrogens with zero attached hydrogens (tertiary/aromatic N) is 1. The van der Waals surface area contributed by atoms with Crippen molar-refractivity contribution in [3.63, 3.8) is 0 Å². The molecular weight excluding hydrogens is 377 g/mol. The van der Waals surface area contributed by atoms with Crippen LogP contribution < -0.4 is 4.52 Å². The number of ether oxygens (including phenoxy) is 1. The largest absolute Gasteiger partial charge is 0.524 e. The fourth-order valence-corrected chi connectivity index (χ4v) is 6.30. The van der Waals surface area contributed by atoms with E-state index in [1.54, 1.807) is 19.2 Å². The lowest BCUT2D eigenvalue weighted by molar-refractivity contribution is 0.0675. The monoisotopic (exact) mass is 403 g/mol. The van der Waals surface area contributed by atoms with Gasteiger partial charge in [0.2, 0.25) is 0 Å². The second-order valence-corrected chi connectivity index (χ2v) is 9.48. The maximum absolute atomic E-state index is 11.4. The van der Waals surface area contributed by atoms with Crippen molar-refractivity contribution in [3.05, 3.63) is 34.9 Å². The van der Waals surface area contributed by atoms with E-state index in [2.05, 4.69) is 6.07 Å². The van der Waals surface area contributed by atoms with Crippen LogP contribution in [0.25, 0.3) is 5.76 Å². The van der Waals surface area contributed by atoms with Crippen molar-refractivity contribution in [1.29, 1.82) is 5.26 Å². The minimum atomic E-state index is -4.70. The van der Waals surface area contributed by atoms with Gasteiger partial charge in [0.1, 0.15) is 11.5 Å². The molecule has 4 saturated carbocycles. The van der Waals surface area contributed by atoms with Crippen LogP contribution in [0.3, 0.4) is 0 Å². The van der Waals surface area contributed by atoms with Crippen LogP contribution in [0.4, 0.5) is 0 Å². The molecule has 5 rings (SSSR count). The van der Waals surface area contributed by atoms with Gasteiger partial charge in [-0.15, -0.1) is 0 Å². The fourth-order valence-electron chi connectivity index (χ4n) is 5.88. The van der Waals surface area contributed by atoms with Crippen molar-refractivity contribution in [2.45, 2.75) is 44.9 Å². The van der Waals surface area contributed by atoms with Gasteiger partial charge in [0.05, 0.1) is 13.2 Å². The molecule has 0 atom stereocenters. The lowest BCUT2D eigenvalue weighted by Gasteiger charge is -2.51. The molecule has 4 fully saturated rings. The Morgan fingerprint density at radius 3 is 2.36 bits per heavy atom. The predicted molar refractivity (Wildman–Crippen MR) is 104 cm³/mol. The van der Waals surface area contributed by atoms with E-state index in [0.717, 1.165) is 23.2 Å². The summed E-state index contributed by atoms with van der Waals surface area (Å²) in [6, 6.07) is 7.30. The van der Waals surface area contributed by atoms with E-state index in [-0.39, 0.29) is 12.2 Å². The first kappa shape index (κ1) is 19.5. The standard InChI is InChI=1S/C21H26NO5P/c1-26-21(20-15-9-13-8-14(11-15)12-16(20)10-13)18-4-2-6-19(27-28(23,24)25)17(18)5-3-7-22/h2,4,6,13-16H,3,5,8-12H2,1H3,(H2,23,24,25). The van der Waals surface area contributed by atoms with Crippen LogP contribution in [0.1, 0.15) is 49.7 Å². The molecule has 0 unspecified atom stereocenters. The average Bonchev–Trinajstić information content (AvgIpc) is 2.62. The van der Waals surface area contributed by atoms with Crippen LogP contribution in [-0.4, -0.2) is 16.9 Å². The van der Waals surface area contributed by atoms with E-state index in [1.165, 1.54) is 37.7 Å². The van der Waals surface area contributed by atoms with Crippen molar-refractivity contribution in [2.75, 3.05) is 7.11 Å². The predicted octanol–water partition coefficient (Wildman–Crippen LogP) is 4.43. The van der Waals surface area contributed by atoms with Gasteiger partial charge in [0.15, 0.2) is 0 Å². The third-order valence-electron chi connectivity index (χ3n) is 6.57. The summed E-state index contributed by atoms with van der Waals surface area (Å²) in [5, 5.41) is 9.06. The first-order chi connectivity index (χ1) is 13.4. The van der Waals surface area contributed by atoms with Crippen molar-refractivity contribution >= 4 is 13.6 Å². The molecule has 0 aliphatic heterocycles. The number of phosphoric acid groups is 1. The van der Waals surface area contributed by atoms with Crippen molar-refractivity contribution < 1.29 is 23.6 Å².